The van der Waals surface area contributed by atoms with Gasteiger partial charge in [-0.2, -0.15) is 8.42 Å². The van der Waals surface area contributed by atoms with Crippen LogP contribution in [0.5, 0.6) is 0 Å². The molecule has 0 unspecified atom stereocenters. The molecule has 0 aromatic rings. The average molecular weight is 297 g/mol. The topological polar surface area (TPSA) is 74.6 Å². The van der Waals surface area contributed by atoms with Crippen LogP contribution >= 0.6 is 0 Å². The smallest absolute Gasteiger partial charge is 0.264 e. The fraction of sp³-hybridized carbons (Fsp3) is 0. The molecule has 9 heavy (non-hydrogen) atoms. The largest absolute Gasteiger partial charge is 0.394 e. The molecule has 0 amide bonds. The van der Waals surface area contributed by atoms with E-state index in [4.69, 9.17) is 17.5 Å². The quantitative estimate of drug-likeness (QED) is 0.418. The van der Waals surface area contributed by atoms with Crippen molar-refractivity contribution in [1.82, 2.24) is 0 Å². The van der Waals surface area contributed by atoms with Gasteiger partial charge >= 0.3 is 33.5 Å². The summed E-state index contributed by atoms with van der Waals surface area (Å²) in [6, 6.07) is 0. The average Bonchev–Trinajstić information content (AvgIpc) is 0.722. The molecule has 0 aromatic carbocycles. The predicted octanol–water partition coefficient (Wildman–Crippen LogP) is -1.58. The first-order chi connectivity index (χ1) is 2.00. The van der Waals surface area contributed by atoms with Crippen molar-refractivity contribution in [2.75, 3.05) is 0 Å². The van der Waals surface area contributed by atoms with Crippen molar-refractivity contribution in [2.24, 2.45) is 0 Å². The van der Waals surface area contributed by atoms with Crippen LogP contribution in [-0.2, 0) is 60.7 Å². The van der Waals surface area contributed by atoms with Crippen LogP contribution < -0.4 is 0 Å². The molecular weight excluding hydrogens is 293 g/mol. The molecule has 0 aromatic heterocycles. The minimum Gasteiger partial charge on any atom is -0.264 e. The summed E-state index contributed by atoms with van der Waals surface area (Å²) in [6.07, 6.45) is 0. The van der Waals surface area contributed by atoms with E-state index in [1.165, 1.54) is 0 Å². The van der Waals surface area contributed by atoms with Crippen LogP contribution in [0.4, 0.5) is 0 Å². The summed E-state index contributed by atoms with van der Waals surface area (Å²) in [7, 11) is -4.67. The van der Waals surface area contributed by atoms with Crippen molar-refractivity contribution >= 4 is 33.5 Å². The SMILES string of the molecule is O=S(=O)(O)O.[Co].[MgH2].[Mn].[Ni]. The standard InChI is InChI=1S/Co.Mg.Mn.Ni.H2O4S.2H/c;;;;1-5(2,3)4;;/h;;;;(H2,1,2,3,4);;. The first kappa shape index (κ1) is 30.4. The Balaban J connectivity index is -0.0000000133. The summed E-state index contributed by atoms with van der Waals surface area (Å²) < 4.78 is 31.6. The van der Waals surface area contributed by atoms with Crippen molar-refractivity contribution < 1.29 is 67.9 Å². The van der Waals surface area contributed by atoms with Gasteiger partial charge in [-0.1, -0.05) is 0 Å². The molecule has 0 aliphatic heterocycles. The number of hydrogen-bond donors (Lipinski definition) is 2. The van der Waals surface area contributed by atoms with Crippen molar-refractivity contribution in [1.29, 1.82) is 0 Å². The van der Waals surface area contributed by atoms with Crippen LogP contribution in [0, 0.1) is 0 Å². The van der Waals surface area contributed by atoms with E-state index in [0.29, 0.717) is 0 Å². The van der Waals surface area contributed by atoms with Crippen LogP contribution in [0.2, 0.25) is 0 Å². The van der Waals surface area contributed by atoms with Gasteiger partial charge in [-0.3, -0.25) is 9.11 Å². The second-order valence-electron chi connectivity index (χ2n) is 0.448. The Morgan fingerprint density at radius 2 is 1.11 bits per heavy atom. The molecule has 0 saturated heterocycles. The van der Waals surface area contributed by atoms with Crippen molar-refractivity contribution in [3.63, 3.8) is 0 Å². The van der Waals surface area contributed by atoms with Gasteiger partial charge in [-0.05, 0) is 0 Å². The second-order valence-corrected chi connectivity index (χ2v) is 1.34. The molecule has 0 rings (SSSR count). The monoisotopic (exact) mass is 296 g/mol. The Bertz CT molecular complexity index is 104. The Kier molecular flexibility index (Phi) is 43.2. The third kappa shape index (κ3) is 145. The Morgan fingerprint density at radius 3 is 1.11 bits per heavy atom. The molecule has 9 heteroatoms. The van der Waals surface area contributed by atoms with Crippen molar-refractivity contribution in [3.05, 3.63) is 0 Å². The molecule has 4 nitrogen and oxygen atoms in total. The summed E-state index contributed by atoms with van der Waals surface area (Å²) in [5.74, 6) is 0. The molecule has 0 heterocycles. The summed E-state index contributed by atoms with van der Waals surface area (Å²) in [6.45, 7) is 0. The summed E-state index contributed by atoms with van der Waals surface area (Å²) in [5.41, 5.74) is 0. The zero-order valence-corrected chi connectivity index (χ0v) is 7.17. The van der Waals surface area contributed by atoms with Crippen LogP contribution in [0.25, 0.3) is 0 Å². The zero-order chi connectivity index (χ0) is 4.50. The minimum absolute atomic E-state index is 0. The molecule has 2 radical (unpaired) electrons. The van der Waals surface area contributed by atoms with Gasteiger partial charge in [0.15, 0.2) is 0 Å². The van der Waals surface area contributed by atoms with E-state index in [1.807, 2.05) is 0 Å². The Labute approximate surface area is 100 Å². The van der Waals surface area contributed by atoms with Crippen LogP contribution in [0.1, 0.15) is 0 Å². The van der Waals surface area contributed by atoms with E-state index in [1.54, 1.807) is 0 Å². The van der Waals surface area contributed by atoms with Gasteiger partial charge in [0, 0.05) is 50.3 Å². The van der Waals surface area contributed by atoms with Gasteiger partial charge in [0.05, 0.1) is 0 Å². The second kappa shape index (κ2) is 12.8. The number of rotatable bonds is 0. The Morgan fingerprint density at radius 1 is 1.11 bits per heavy atom. The van der Waals surface area contributed by atoms with Gasteiger partial charge in [0.25, 0.3) is 0 Å². The van der Waals surface area contributed by atoms with E-state index >= 15 is 0 Å². The van der Waals surface area contributed by atoms with E-state index in [-0.39, 0.29) is 73.4 Å². The predicted molar refractivity (Wildman–Crippen MR) is 22.7 cm³/mol. The van der Waals surface area contributed by atoms with Crippen LogP contribution in [0.3, 0.4) is 0 Å². The molecule has 2 N–H and O–H groups in total. The van der Waals surface area contributed by atoms with Gasteiger partial charge in [-0.15, -0.1) is 0 Å². The van der Waals surface area contributed by atoms with Gasteiger partial charge in [0.2, 0.25) is 0 Å². The summed E-state index contributed by atoms with van der Waals surface area (Å²) in [4.78, 5) is 0. The van der Waals surface area contributed by atoms with Gasteiger partial charge < -0.3 is 0 Å². The molecule has 0 aliphatic rings. The normalized spacial score (nSPS) is 6.44. The van der Waals surface area contributed by atoms with Gasteiger partial charge in [-0.25, -0.2) is 0 Å². The van der Waals surface area contributed by atoms with E-state index in [9.17, 15) is 0 Å². The minimum atomic E-state index is -4.67. The maximum Gasteiger partial charge on any atom is 0.394 e. The summed E-state index contributed by atoms with van der Waals surface area (Å²) >= 11 is 0. The fourth-order valence-corrected chi connectivity index (χ4v) is 0. The fourth-order valence-electron chi connectivity index (χ4n) is 0. The molecule has 0 atom stereocenters. The molecule has 0 saturated carbocycles. The molecule has 0 fully saturated rings. The molecule has 0 spiro atoms. The van der Waals surface area contributed by atoms with Crippen molar-refractivity contribution in [2.45, 2.75) is 0 Å². The molecule has 0 aliphatic carbocycles. The van der Waals surface area contributed by atoms with Gasteiger partial charge in [0.1, 0.15) is 0 Å². The van der Waals surface area contributed by atoms with E-state index < -0.39 is 10.4 Å². The summed E-state index contributed by atoms with van der Waals surface area (Å²) in [5, 5.41) is 0. The first-order valence-corrected chi connectivity index (χ1v) is 2.10. The van der Waals surface area contributed by atoms with Crippen LogP contribution in [-0.4, -0.2) is 40.6 Å². The third-order valence-corrected chi connectivity index (χ3v) is 0. The molecule has 62 valence electrons. The Hall–Kier alpha value is 2.16. The number of hydrogen-bond acceptors (Lipinski definition) is 2. The molecule has 0 bridgehead atoms. The molecular formula is H4CoMgMnNiO4S. The maximum absolute atomic E-state index is 8.74. The first-order valence-electron chi connectivity index (χ1n) is 0.698. The van der Waals surface area contributed by atoms with E-state index in [0.717, 1.165) is 0 Å². The van der Waals surface area contributed by atoms with E-state index in [2.05, 4.69) is 0 Å². The third-order valence-electron chi connectivity index (χ3n) is 0. The zero-order valence-electron chi connectivity index (χ0n) is 3.15. The van der Waals surface area contributed by atoms with Crippen LogP contribution in [0.15, 0.2) is 0 Å². The maximum atomic E-state index is 8.74. The van der Waals surface area contributed by atoms with Crippen molar-refractivity contribution in [3.8, 4) is 0 Å².